The normalized spacial score (nSPS) is 11.0. The van der Waals surface area contributed by atoms with Crippen LogP contribution in [-0.4, -0.2) is 26.5 Å². The number of hydrogen-bond donors (Lipinski definition) is 0. The molecule has 0 radical (unpaired) electrons. The number of ether oxygens (including phenoxy) is 1. The number of nitrogens with zero attached hydrogens (tertiary/aromatic N) is 4. The molecule has 0 N–H and O–H groups in total. The summed E-state index contributed by atoms with van der Waals surface area (Å²) in [5.74, 6) is 0.841. The molecule has 0 unspecified atom stereocenters. The molecule has 0 amide bonds. The maximum atomic E-state index is 5.19. The summed E-state index contributed by atoms with van der Waals surface area (Å²) >= 11 is 0. The zero-order chi connectivity index (χ0) is 15.6. The Balaban J connectivity index is 1.68. The van der Waals surface area contributed by atoms with Gasteiger partial charge in [0.2, 0.25) is 0 Å². The summed E-state index contributed by atoms with van der Waals surface area (Å²) in [6, 6.07) is 20.2. The molecule has 0 saturated heterocycles. The molecule has 0 aliphatic carbocycles. The standard InChI is InChI=1S/C18H16N4O/c1-23-16-9-7-15(8-10-16)17-11-18-21(19-13-22(18)20-17)12-14-5-3-2-4-6-14/h2-11,13H,12H2,1H3. The van der Waals surface area contributed by atoms with E-state index in [1.807, 2.05) is 51.7 Å². The summed E-state index contributed by atoms with van der Waals surface area (Å²) in [5, 5.41) is 9.00. The molecule has 2 aromatic heterocycles. The summed E-state index contributed by atoms with van der Waals surface area (Å²) in [5.41, 5.74) is 4.16. The van der Waals surface area contributed by atoms with E-state index >= 15 is 0 Å². The fourth-order valence-electron chi connectivity index (χ4n) is 2.61. The van der Waals surface area contributed by atoms with Crippen molar-refractivity contribution in [1.29, 1.82) is 0 Å². The van der Waals surface area contributed by atoms with Crippen LogP contribution < -0.4 is 4.74 Å². The largest absolute Gasteiger partial charge is 0.497 e. The number of benzene rings is 2. The Hall–Kier alpha value is -3.08. The second kappa shape index (κ2) is 5.61. The second-order valence-electron chi connectivity index (χ2n) is 5.34. The summed E-state index contributed by atoms with van der Waals surface area (Å²) in [6.45, 7) is 0.727. The zero-order valence-corrected chi connectivity index (χ0v) is 12.8. The van der Waals surface area contributed by atoms with Crippen LogP contribution in [0.4, 0.5) is 0 Å². The first-order valence-electron chi connectivity index (χ1n) is 7.43. The van der Waals surface area contributed by atoms with Gasteiger partial charge in [-0.25, -0.2) is 9.20 Å². The Bertz CT molecular complexity index is 923. The number of rotatable bonds is 4. The highest BCUT2D eigenvalue weighted by atomic mass is 16.5. The lowest BCUT2D eigenvalue weighted by atomic mass is 10.1. The van der Waals surface area contributed by atoms with Crippen LogP contribution >= 0.6 is 0 Å². The van der Waals surface area contributed by atoms with Gasteiger partial charge < -0.3 is 4.74 Å². The van der Waals surface area contributed by atoms with Crippen molar-refractivity contribution in [3.8, 4) is 17.0 Å². The molecule has 0 atom stereocenters. The van der Waals surface area contributed by atoms with Gasteiger partial charge in [0.25, 0.3) is 0 Å². The van der Waals surface area contributed by atoms with E-state index in [1.54, 1.807) is 13.4 Å². The first kappa shape index (κ1) is 13.6. The molecule has 2 heterocycles. The number of fused-ring (bicyclic) bond motifs is 1. The maximum absolute atomic E-state index is 5.19. The van der Waals surface area contributed by atoms with Crippen molar-refractivity contribution in [3.63, 3.8) is 0 Å². The average molecular weight is 304 g/mol. The average Bonchev–Trinajstić information content (AvgIpc) is 3.18. The minimum Gasteiger partial charge on any atom is -0.497 e. The van der Waals surface area contributed by atoms with Crippen molar-refractivity contribution in [2.45, 2.75) is 6.54 Å². The summed E-state index contributed by atoms with van der Waals surface area (Å²) in [6.07, 6.45) is 1.74. The van der Waals surface area contributed by atoms with Crippen LogP contribution in [0, 0.1) is 0 Å². The van der Waals surface area contributed by atoms with Crippen LogP contribution in [0.1, 0.15) is 5.56 Å². The topological polar surface area (TPSA) is 44.4 Å². The van der Waals surface area contributed by atoms with E-state index < -0.39 is 0 Å². The van der Waals surface area contributed by atoms with Gasteiger partial charge >= 0.3 is 0 Å². The molecular formula is C18H16N4O. The fourth-order valence-corrected chi connectivity index (χ4v) is 2.61. The molecule has 0 fully saturated rings. The quantitative estimate of drug-likeness (QED) is 0.581. The van der Waals surface area contributed by atoms with E-state index in [-0.39, 0.29) is 0 Å². The Morgan fingerprint density at radius 1 is 1.00 bits per heavy atom. The molecule has 4 rings (SSSR count). The van der Waals surface area contributed by atoms with Crippen molar-refractivity contribution < 1.29 is 4.74 Å². The highest BCUT2D eigenvalue weighted by Crippen LogP contribution is 2.22. The molecule has 0 aliphatic rings. The van der Waals surface area contributed by atoms with Crippen molar-refractivity contribution >= 4 is 5.65 Å². The molecule has 0 bridgehead atoms. The smallest absolute Gasteiger partial charge is 0.154 e. The Morgan fingerprint density at radius 3 is 2.52 bits per heavy atom. The van der Waals surface area contributed by atoms with Gasteiger partial charge in [0.15, 0.2) is 5.65 Å². The van der Waals surface area contributed by atoms with Gasteiger partial charge in [-0.3, -0.25) is 0 Å². The molecular weight excluding hydrogens is 288 g/mol. The number of hydrogen-bond acceptors (Lipinski definition) is 3. The van der Waals surface area contributed by atoms with E-state index in [0.29, 0.717) is 0 Å². The first-order chi connectivity index (χ1) is 11.3. The first-order valence-corrected chi connectivity index (χ1v) is 7.43. The highest BCUT2D eigenvalue weighted by molar-refractivity contribution is 5.64. The second-order valence-corrected chi connectivity index (χ2v) is 5.34. The van der Waals surface area contributed by atoms with Crippen LogP contribution in [-0.2, 0) is 6.54 Å². The van der Waals surface area contributed by atoms with Crippen LogP contribution in [0.3, 0.4) is 0 Å². The lowest BCUT2D eigenvalue weighted by Crippen LogP contribution is -2.00. The minimum atomic E-state index is 0.727. The van der Waals surface area contributed by atoms with Gasteiger partial charge in [-0.15, -0.1) is 0 Å². The Morgan fingerprint density at radius 2 is 1.78 bits per heavy atom. The van der Waals surface area contributed by atoms with Crippen molar-refractivity contribution in [2.24, 2.45) is 0 Å². The zero-order valence-electron chi connectivity index (χ0n) is 12.8. The molecule has 0 spiro atoms. The number of methoxy groups -OCH3 is 1. The fraction of sp³-hybridized carbons (Fsp3) is 0.111. The molecule has 114 valence electrons. The Kier molecular flexibility index (Phi) is 3.31. The van der Waals surface area contributed by atoms with Crippen LogP contribution in [0.5, 0.6) is 5.75 Å². The predicted octanol–water partition coefficient (Wildman–Crippen LogP) is 3.25. The highest BCUT2D eigenvalue weighted by Gasteiger charge is 2.09. The third-order valence-electron chi connectivity index (χ3n) is 3.84. The molecule has 5 heteroatoms. The van der Waals surface area contributed by atoms with Gasteiger partial charge in [-0.2, -0.15) is 10.2 Å². The van der Waals surface area contributed by atoms with Gasteiger partial charge in [0.05, 0.1) is 19.3 Å². The maximum Gasteiger partial charge on any atom is 0.154 e. The van der Waals surface area contributed by atoms with Crippen LogP contribution in [0.15, 0.2) is 67.0 Å². The van der Waals surface area contributed by atoms with Crippen molar-refractivity contribution in [2.75, 3.05) is 7.11 Å². The number of aromatic nitrogens is 4. The van der Waals surface area contributed by atoms with E-state index in [0.717, 1.165) is 29.2 Å². The van der Waals surface area contributed by atoms with Crippen molar-refractivity contribution in [3.05, 3.63) is 72.6 Å². The predicted molar refractivity (Wildman–Crippen MR) is 88.5 cm³/mol. The molecule has 5 nitrogen and oxygen atoms in total. The van der Waals surface area contributed by atoms with Crippen LogP contribution in [0.2, 0.25) is 0 Å². The van der Waals surface area contributed by atoms with Gasteiger partial charge in [-0.1, -0.05) is 30.3 Å². The molecule has 23 heavy (non-hydrogen) atoms. The van der Waals surface area contributed by atoms with E-state index in [4.69, 9.17) is 4.74 Å². The Labute approximate surface area is 133 Å². The summed E-state index contributed by atoms with van der Waals surface area (Å²) in [7, 11) is 1.66. The molecule has 0 saturated carbocycles. The van der Waals surface area contributed by atoms with Crippen LogP contribution in [0.25, 0.3) is 16.9 Å². The molecule has 2 aromatic carbocycles. The lowest BCUT2D eigenvalue weighted by Gasteiger charge is -2.01. The van der Waals surface area contributed by atoms with Gasteiger partial charge in [0.1, 0.15) is 12.1 Å². The molecule has 4 aromatic rings. The van der Waals surface area contributed by atoms with Gasteiger partial charge in [0, 0.05) is 11.6 Å². The minimum absolute atomic E-state index is 0.727. The van der Waals surface area contributed by atoms with Crippen molar-refractivity contribution in [1.82, 2.24) is 19.4 Å². The third kappa shape index (κ3) is 2.57. The van der Waals surface area contributed by atoms with E-state index in [2.05, 4.69) is 28.4 Å². The molecule has 0 aliphatic heterocycles. The van der Waals surface area contributed by atoms with E-state index in [9.17, 15) is 0 Å². The SMILES string of the molecule is COc1ccc(-c2cc3n(Cc4ccccc4)ncn3n2)cc1. The summed E-state index contributed by atoms with van der Waals surface area (Å²) in [4.78, 5) is 0. The van der Waals surface area contributed by atoms with Gasteiger partial charge in [-0.05, 0) is 29.8 Å². The third-order valence-corrected chi connectivity index (χ3v) is 3.84. The van der Waals surface area contributed by atoms with E-state index in [1.165, 1.54) is 5.56 Å². The monoisotopic (exact) mass is 304 g/mol. The lowest BCUT2D eigenvalue weighted by molar-refractivity contribution is 0.415. The summed E-state index contributed by atoms with van der Waals surface area (Å²) < 4.78 is 8.96.